The van der Waals surface area contributed by atoms with Crippen molar-refractivity contribution in [1.82, 2.24) is 0 Å². The molecule has 110 valence electrons. The molecule has 0 unspecified atom stereocenters. The molecule has 0 radical (unpaired) electrons. The Morgan fingerprint density at radius 2 is 1.83 bits per heavy atom. The Bertz CT molecular complexity index is 1170. The van der Waals surface area contributed by atoms with Crippen LogP contribution in [0.15, 0.2) is 74.9 Å². The van der Waals surface area contributed by atoms with E-state index in [-0.39, 0.29) is 0 Å². The molecule has 1 heterocycles. The molecule has 0 spiro atoms. The SMILES string of the molecule is [2H]c1c2c3c(cccc3c3cc(Cl)ccc13)Sc1cc(Br)ccc1-2. The molecule has 0 saturated carbocycles. The van der Waals surface area contributed by atoms with E-state index in [1.165, 1.54) is 9.79 Å². The van der Waals surface area contributed by atoms with Gasteiger partial charge in [0.2, 0.25) is 0 Å². The Kier molecular flexibility index (Phi) is 2.80. The first-order valence-corrected chi connectivity index (χ1v) is 9.24. The average molecular weight is 399 g/mol. The zero-order chi connectivity index (χ0) is 16.4. The van der Waals surface area contributed by atoms with Gasteiger partial charge in [-0.05, 0) is 63.7 Å². The highest BCUT2D eigenvalue weighted by molar-refractivity contribution is 9.10. The second kappa shape index (κ2) is 5.01. The summed E-state index contributed by atoms with van der Waals surface area (Å²) >= 11 is 11.5. The highest BCUT2D eigenvalue weighted by Crippen LogP contribution is 2.50. The fourth-order valence-corrected chi connectivity index (χ4v) is 5.10. The van der Waals surface area contributed by atoms with Crippen LogP contribution in [0.1, 0.15) is 1.37 Å². The molecule has 0 nitrogen and oxygen atoms in total. The summed E-state index contributed by atoms with van der Waals surface area (Å²) in [5.74, 6) is 0. The quantitative estimate of drug-likeness (QED) is 0.243. The van der Waals surface area contributed by atoms with Crippen molar-refractivity contribution in [3.8, 4) is 11.1 Å². The predicted octanol–water partition coefficient (Wildman–Crippen LogP) is 7.54. The van der Waals surface area contributed by atoms with Crippen LogP contribution in [0.5, 0.6) is 0 Å². The summed E-state index contributed by atoms with van der Waals surface area (Å²) in [6, 6.07) is 19.0. The smallest absolute Gasteiger partial charge is 0.0636 e. The largest absolute Gasteiger partial charge is 0.0887 e. The molecule has 0 amide bonds. The fraction of sp³-hybridized carbons (Fsp3) is 0. The lowest BCUT2D eigenvalue weighted by atomic mass is 9.93. The van der Waals surface area contributed by atoms with Crippen molar-refractivity contribution in [2.24, 2.45) is 0 Å². The highest BCUT2D eigenvalue weighted by atomic mass is 79.9. The monoisotopic (exact) mass is 397 g/mol. The van der Waals surface area contributed by atoms with E-state index in [0.29, 0.717) is 11.1 Å². The second-order valence-corrected chi connectivity index (χ2v) is 8.05. The molecule has 1 aliphatic heterocycles. The van der Waals surface area contributed by atoms with Crippen molar-refractivity contribution in [3.63, 3.8) is 0 Å². The molecule has 0 saturated heterocycles. The average Bonchev–Trinajstić information content (AvgIpc) is 2.57. The van der Waals surface area contributed by atoms with Gasteiger partial charge >= 0.3 is 0 Å². The molecule has 4 aromatic rings. The Hall–Kier alpha value is -1.48. The number of rotatable bonds is 0. The minimum absolute atomic E-state index is 0.575. The van der Waals surface area contributed by atoms with Crippen molar-refractivity contribution >= 4 is 60.8 Å². The van der Waals surface area contributed by atoms with Gasteiger partial charge in [0.15, 0.2) is 0 Å². The van der Waals surface area contributed by atoms with Crippen molar-refractivity contribution in [1.29, 1.82) is 0 Å². The third-order valence-electron chi connectivity index (χ3n) is 4.24. The van der Waals surface area contributed by atoms with E-state index in [0.717, 1.165) is 37.1 Å². The molecular formula is C20H10BrClS. The van der Waals surface area contributed by atoms with Gasteiger partial charge in [-0.15, -0.1) is 0 Å². The maximum absolute atomic E-state index is 8.84. The molecule has 0 bridgehead atoms. The molecule has 0 fully saturated rings. The summed E-state index contributed by atoms with van der Waals surface area (Å²) in [7, 11) is 0. The van der Waals surface area contributed by atoms with Crippen molar-refractivity contribution in [2.45, 2.75) is 9.79 Å². The number of fused-ring (bicyclic) bond motifs is 4. The van der Waals surface area contributed by atoms with Gasteiger partial charge in [-0.25, -0.2) is 0 Å². The molecule has 0 N–H and O–H groups in total. The van der Waals surface area contributed by atoms with Gasteiger partial charge in [-0.1, -0.05) is 63.6 Å². The van der Waals surface area contributed by atoms with Crippen LogP contribution >= 0.6 is 39.3 Å². The molecule has 0 aromatic heterocycles. The number of benzene rings is 4. The molecule has 5 rings (SSSR count). The Morgan fingerprint density at radius 1 is 0.913 bits per heavy atom. The Labute approximate surface area is 153 Å². The lowest BCUT2D eigenvalue weighted by Gasteiger charge is -2.21. The molecule has 23 heavy (non-hydrogen) atoms. The number of hydrogen-bond acceptors (Lipinski definition) is 1. The van der Waals surface area contributed by atoms with E-state index in [9.17, 15) is 0 Å². The van der Waals surface area contributed by atoms with Crippen LogP contribution in [0.2, 0.25) is 5.02 Å². The number of halogens is 2. The fourth-order valence-electron chi connectivity index (χ4n) is 3.25. The normalized spacial score (nSPS) is 13.2. The van der Waals surface area contributed by atoms with Crippen molar-refractivity contribution < 1.29 is 1.37 Å². The zero-order valence-electron chi connectivity index (χ0n) is 12.9. The van der Waals surface area contributed by atoms with Crippen molar-refractivity contribution in [3.05, 3.63) is 70.1 Å². The van der Waals surface area contributed by atoms with Gasteiger partial charge in [0.1, 0.15) is 0 Å². The molecule has 0 aliphatic carbocycles. The third-order valence-corrected chi connectivity index (χ3v) is 6.09. The van der Waals surface area contributed by atoms with Gasteiger partial charge in [-0.2, -0.15) is 0 Å². The molecule has 3 heteroatoms. The van der Waals surface area contributed by atoms with E-state index >= 15 is 0 Å². The van der Waals surface area contributed by atoms with E-state index in [4.69, 9.17) is 13.0 Å². The second-order valence-electron chi connectivity index (χ2n) is 5.61. The first kappa shape index (κ1) is 12.9. The van der Waals surface area contributed by atoms with Crippen LogP contribution in [-0.4, -0.2) is 0 Å². The summed E-state index contributed by atoms with van der Waals surface area (Å²) in [5, 5.41) is 5.03. The van der Waals surface area contributed by atoms with Crippen LogP contribution in [0, 0.1) is 0 Å². The lowest BCUT2D eigenvalue weighted by Crippen LogP contribution is -1.93. The number of hydrogen-bond donors (Lipinski definition) is 0. The predicted molar refractivity (Wildman–Crippen MR) is 104 cm³/mol. The van der Waals surface area contributed by atoms with Crippen LogP contribution in [0.3, 0.4) is 0 Å². The Balaban J connectivity index is 2.06. The maximum atomic E-state index is 8.84. The first-order valence-electron chi connectivity index (χ1n) is 7.76. The van der Waals surface area contributed by atoms with Crippen LogP contribution in [0.25, 0.3) is 32.7 Å². The third kappa shape index (κ3) is 2.06. The summed E-state index contributed by atoms with van der Waals surface area (Å²) in [6.45, 7) is 0. The summed E-state index contributed by atoms with van der Waals surface area (Å²) < 4.78 is 9.90. The van der Waals surface area contributed by atoms with Gasteiger partial charge in [-0.3, -0.25) is 0 Å². The minimum Gasteiger partial charge on any atom is -0.0887 e. The topological polar surface area (TPSA) is 0 Å². The molecule has 4 aromatic carbocycles. The zero-order valence-corrected chi connectivity index (χ0v) is 15.0. The van der Waals surface area contributed by atoms with Crippen LogP contribution in [-0.2, 0) is 0 Å². The minimum atomic E-state index is 0.575. The summed E-state index contributed by atoms with van der Waals surface area (Å²) in [5.41, 5.74) is 2.16. The van der Waals surface area contributed by atoms with Gasteiger partial charge in [0, 0.05) is 24.7 Å². The Morgan fingerprint density at radius 3 is 2.74 bits per heavy atom. The van der Waals surface area contributed by atoms with E-state index in [2.05, 4.69) is 46.3 Å². The van der Waals surface area contributed by atoms with Crippen LogP contribution < -0.4 is 0 Å². The molecule has 1 aliphatic rings. The maximum Gasteiger partial charge on any atom is 0.0636 e. The highest BCUT2D eigenvalue weighted by Gasteiger charge is 2.20. The van der Waals surface area contributed by atoms with Gasteiger partial charge in [0.25, 0.3) is 0 Å². The van der Waals surface area contributed by atoms with Crippen molar-refractivity contribution in [2.75, 3.05) is 0 Å². The van der Waals surface area contributed by atoms with Gasteiger partial charge < -0.3 is 0 Å². The summed E-state index contributed by atoms with van der Waals surface area (Å²) in [6.07, 6.45) is 0. The lowest BCUT2D eigenvalue weighted by molar-refractivity contribution is 1.39. The van der Waals surface area contributed by atoms with Gasteiger partial charge in [0.05, 0.1) is 1.37 Å². The van der Waals surface area contributed by atoms with Crippen LogP contribution in [0.4, 0.5) is 0 Å². The molecular weight excluding hydrogens is 388 g/mol. The molecule has 0 atom stereocenters. The van der Waals surface area contributed by atoms with E-state index in [1.807, 2.05) is 24.3 Å². The first-order chi connectivity index (χ1) is 11.6. The van der Waals surface area contributed by atoms with E-state index < -0.39 is 0 Å². The summed E-state index contributed by atoms with van der Waals surface area (Å²) in [4.78, 5) is 2.38. The van der Waals surface area contributed by atoms with E-state index in [1.54, 1.807) is 11.8 Å². The standard InChI is InChI=1S/C20H10BrClS/c21-12-5-7-14-17-8-11-4-6-13(22)10-16(11)15-2-1-3-18(20(15)17)23-19(14)9-12/h1-10H/i8D.